The van der Waals surface area contributed by atoms with Crippen LogP contribution in [-0.2, 0) is 52.5 Å². The van der Waals surface area contributed by atoms with Crippen LogP contribution in [0.5, 0.6) is 0 Å². The van der Waals surface area contributed by atoms with Crippen molar-refractivity contribution in [3.05, 3.63) is 0 Å². The number of amides is 4. The van der Waals surface area contributed by atoms with Gasteiger partial charge in [-0.05, 0) is 26.7 Å². The van der Waals surface area contributed by atoms with Gasteiger partial charge in [-0.25, -0.2) is 0 Å². The van der Waals surface area contributed by atoms with E-state index in [1.807, 2.05) is 0 Å². The SMILES string of the molecule is CCCCCCCCCCCCCCCCCC(=O)OCC(OC(C)=O)C1OC(O)C(NC(C)=O)C1OC(C)C(=O)N[C@@H](C)C(=O)NC(CCC(=O)O)C(N)=O. The second-order valence-corrected chi connectivity index (χ2v) is 14.6. The van der Waals surface area contributed by atoms with Crippen LogP contribution >= 0.6 is 0 Å². The highest BCUT2D eigenvalue weighted by Crippen LogP contribution is 2.28. The number of esters is 2. The number of rotatable bonds is 31. The molecule has 1 aliphatic rings. The molecule has 1 aliphatic heterocycles. The number of aliphatic hydroxyl groups excluding tert-OH is 1. The fourth-order valence-corrected chi connectivity index (χ4v) is 6.38. The molecule has 0 aromatic rings. The summed E-state index contributed by atoms with van der Waals surface area (Å²) in [7, 11) is 0. The molecule has 1 saturated heterocycles. The van der Waals surface area contributed by atoms with E-state index in [-0.39, 0.29) is 12.8 Å². The Kier molecular flexibility index (Phi) is 25.6. The molecule has 0 aliphatic carbocycles. The average molecular weight is 801 g/mol. The van der Waals surface area contributed by atoms with Crippen molar-refractivity contribution in [2.75, 3.05) is 6.61 Å². The summed E-state index contributed by atoms with van der Waals surface area (Å²) in [5, 5.41) is 26.8. The van der Waals surface area contributed by atoms with Gasteiger partial charge in [0, 0.05) is 26.7 Å². The van der Waals surface area contributed by atoms with Crippen molar-refractivity contribution in [3.63, 3.8) is 0 Å². The van der Waals surface area contributed by atoms with Gasteiger partial charge in [0.15, 0.2) is 12.4 Å². The molecule has 0 radical (unpaired) electrons. The highest BCUT2D eigenvalue weighted by molar-refractivity contribution is 5.92. The molecule has 1 heterocycles. The third-order valence-electron chi connectivity index (χ3n) is 9.52. The molecule has 4 amide bonds. The summed E-state index contributed by atoms with van der Waals surface area (Å²) in [4.78, 5) is 85.2. The predicted octanol–water partition coefficient (Wildman–Crippen LogP) is 3.06. The maximum atomic E-state index is 13.1. The molecule has 322 valence electrons. The lowest BCUT2D eigenvalue weighted by atomic mass is 10.0. The van der Waals surface area contributed by atoms with E-state index in [4.69, 9.17) is 29.8 Å². The van der Waals surface area contributed by atoms with Crippen LogP contribution in [0.2, 0.25) is 0 Å². The molecule has 8 atom stereocenters. The first-order chi connectivity index (χ1) is 26.6. The zero-order valence-corrected chi connectivity index (χ0v) is 34.0. The second kappa shape index (κ2) is 28.5. The maximum Gasteiger partial charge on any atom is 0.305 e. The van der Waals surface area contributed by atoms with Crippen LogP contribution < -0.4 is 21.7 Å². The Morgan fingerprint density at radius 3 is 1.79 bits per heavy atom. The van der Waals surface area contributed by atoms with E-state index >= 15 is 0 Å². The van der Waals surface area contributed by atoms with E-state index in [2.05, 4.69) is 22.9 Å². The number of nitrogens with two attached hydrogens (primary N) is 1. The molecular formula is C39H68N4O13. The van der Waals surface area contributed by atoms with Gasteiger partial charge in [-0.15, -0.1) is 0 Å². The third-order valence-corrected chi connectivity index (χ3v) is 9.52. The average Bonchev–Trinajstić information content (AvgIpc) is 3.42. The van der Waals surface area contributed by atoms with Gasteiger partial charge >= 0.3 is 17.9 Å². The minimum atomic E-state index is -1.67. The molecule has 1 rings (SSSR count). The number of hydrogen-bond acceptors (Lipinski definition) is 12. The number of aliphatic carboxylic acids is 1. The van der Waals surface area contributed by atoms with E-state index in [9.17, 15) is 38.7 Å². The van der Waals surface area contributed by atoms with Crippen molar-refractivity contribution >= 4 is 41.5 Å². The van der Waals surface area contributed by atoms with Gasteiger partial charge in [-0.2, -0.15) is 0 Å². The van der Waals surface area contributed by atoms with Crippen molar-refractivity contribution in [2.24, 2.45) is 5.73 Å². The number of aliphatic hydroxyl groups is 1. The number of hydrogen-bond donors (Lipinski definition) is 6. The Morgan fingerprint density at radius 1 is 0.768 bits per heavy atom. The van der Waals surface area contributed by atoms with Gasteiger partial charge in [0.1, 0.15) is 43.0 Å². The highest BCUT2D eigenvalue weighted by atomic mass is 16.7. The second-order valence-electron chi connectivity index (χ2n) is 14.6. The largest absolute Gasteiger partial charge is 0.481 e. The Bertz CT molecular complexity index is 1240. The van der Waals surface area contributed by atoms with E-state index in [1.165, 1.54) is 91.4 Å². The van der Waals surface area contributed by atoms with Crippen LogP contribution in [-0.4, -0.2) is 107 Å². The number of ether oxygens (including phenoxy) is 4. The summed E-state index contributed by atoms with van der Waals surface area (Å²) in [6.45, 7) is 6.73. The lowest BCUT2D eigenvalue weighted by molar-refractivity contribution is -0.184. The number of primary amides is 1. The van der Waals surface area contributed by atoms with Crippen molar-refractivity contribution in [3.8, 4) is 0 Å². The lowest BCUT2D eigenvalue weighted by Gasteiger charge is -2.30. The minimum Gasteiger partial charge on any atom is -0.481 e. The molecule has 7 N–H and O–H groups in total. The number of nitrogens with one attached hydrogen (secondary N) is 3. The first-order valence-corrected chi connectivity index (χ1v) is 20.3. The molecule has 17 nitrogen and oxygen atoms in total. The van der Waals surface area contributed by atoms with Crippen LogP contribution in [0, 0.1) is 0 Å². The van der Waals surface area contributed by atoms with Crippen molar-refractivity contribution in [1.29, 1.82) is 0 Å². The van der Waals surface area contributed by atoms with E-state index in [1.54, 1.807) is 0 Å². The normalized spacial score (nSPS) is 19.9. The zero-order valence-electron chi connectivity index (χ0n) is 34.0. The number of carboxylic acids is 1. The quantitative estimate of drug-likeness (QED) is 0.0436. The Hall–Kier alpha value is -3.83. The first-order valence-electron chi connectivity index (χ1n) is 20.3. The Labute approximate surface area is 331 Å². The Balaban J connectivity index is 2.70. The van der Waals surface area contributed by atoms with Crippen LogP contribution in [0.3, 0.4) is 0 Å². The molecule has 17 heteroatoms. The highest BCUT2D eigenvalue weighted by Gasteiger charge is 2.51. The van der Waals surface area contributed by atoms with Crippen LogP contribution in [0.25, 0.3) is 0 Å². The summed E-state index contributed by atoms with van der Waals surface area (Å²) in [5.41, 5.74) is 5.27. The number of carbonyl (C=O) groups excluding carboxylic acids is 6. The van der Waals surface area contributed by atoms with Crippen molar-refractivity contribution in [2.45, 2.75) is 199 Å². The Morgan fingerprint density at radius 2 is 1.30 bits per heavy atom. The first kappa shape index (κ1) is 50.2. The molecule has 0 bridgehead atoms. The lowest BCUT2D eigenvalue weighted by Crippen LogP contribution is -2.55. The van der Waals surface area contributed by atoms with Crippen LogP contribution in [0.15, 0.2) is 0 Å². The summed E-state index contributed by atoms with van der Waals surface area (Å²) in [5.74, 6) is -5.64. The van der Waals surface area contributed by atoms with Gasteiger partial charge in [-0.1, -0.05) is 96.8 Å². The number of carbonyl (C=O) groups is 7. The van der Waals surface area contributed by atoms with E-state index < -0.39 is 103 Å². The molecule has 0 aromatic carbocycles. The number of unbranched alkanes of at least 4 members (excludes halogenated alkanes) is 14. The van der Waals surface area contributed by atoms with Gasteiger partial charge in [0.25, 0.3) is 0 Å². The third kappa shape index (κ3) is 21.5. The topological polar surface area (TPSA) is 259 Å². The zero-order chi connectivity index (χ0) is 42.0. The summed E-state index contributed by atoms with van der Waals surface area (Å²) in [6.07, 6.45) is 10.3. The van der Waals surface area contributed by atoms with E-state index in [0.717, 1.165) is 26.2 Å². The molecular weight excluding hydrogens is 732 g/mol. The fraction of sp³-hybridized carbons (Fsp3) is 0.821. The molecule has 1 fully saturated rings. The molecule has 56 heavy (non-hydrogen) atoms. The van der Waals surface area contributed by atoms with Crippen LogP contribution in [0.1, 0.15) is 150 Å². The van der Waals surface area contributed by atoms with Gasteiger partial charge in [-0.3, -0.25) is 33.6 Å². The predicted molar refractivity (Wildman–Crippen MR) is 204 cm³/mol. The van der Waals surface area contributed by atoms with Crippen molar-refractivity contribution < 1.29 is 62.7 Å². The molecule has 7 unspecified atom stereocenters. The maximum absolute atomic E-state index is 13.1. The summed E-state index contributed by atoms with van der Waals surface area (Å²) in [6, 6.07) is -3.77. The summed E-state index contributed by atoms with van der Waals surface area (Å²) >= 11 is 0. The standard InChI is InChI=1S/C39H68N4O13/c1-6-7-8-9-10-11-12-13-14-15-16-17-18-19-20-21-32(48)53-24-30(55-28(5)45)34-35(33(39(52)56-34)42-27(4)44)54-26(3)38(51)41-25(2)37(50)43-29(36(40)49)22-23-31(46)47/h25-26,29-30,33-35,39,52H,6-24H2,1-5H3,(H2,40,49)(H,41,51)(H,42,44)(H,43,50)(H,46,47)/t25-,26?,29?,30?,33?,34?,35?,39?/m0/s1. The van der Waals surface area contributed by atoms with Gasteiger partial charge < -0.3 is 50.8 Å². The molecule has 0 saturated carbocycles. The van der Waals surface area contributed by atoms with E-state index in [0.29, 0.717) is 6.42 Å². The molecule has 0 spiro atoms. The molecule has 0 aromatic heterocycles. The van der Waals surface area contributed by atoms with Crippen LogP contribution in [0.4, 0.5) is 0 Å². The minimum absolute atomic E-state index is 0.149. The smallest absolute Gasteiger partial charge is 0.305 e. The fourth-order valence-electron chi connectivity index (χ4n) is 6.38. The van der Waals surface area contributed by atoms with Gasteiger partial charge in [0.05, 0.1) is 0 Å². The van der Waals surface area contributed by atoms with Gasteiger partial charge in [0.2, 0.25) is 23.6 Å². The number of carboxylic acid groups (broad SMARTS) is 1. The summed E-state index contributed by atoms with van der Waals surface area (Å²) < 4.78 is 22.4. The monoisotopic (exact) mass is 800 g/mol. The van der Waals surface area contributed by atoms with Crippen molar-refractivity contribution in [1.82, 2.24) is 16.0 Å².